The van der Waals surface area contributed by atoms with Crippen molar-refractivity contribution < 1.29 is 14.0 Å². The largest absolute Gasteiger partial charge is 0.324 e. The van der Waals surface area contributed by atoms with Crippen molar-refractivity contribution >= 4 is 23.2 Å². The van der Waals surface area contributed by atoms with E-state index in [9.17, 15) is 14.0 Å². The van der Waals surface area contributed by atoms with Crippen molar-refractivity contribution in [1.29, 1.82) is 0 Å². The van der Waals surface area contributed by atoms with Crippen LogP contribution in [0, 0.1) is 19.7 Å². The van der Waals surface area contributed by atoms with E-state index in [1.54, 1.807) is 0 Å². The van der Waals surface area contributed by atoms with Crippen LogP contribution < -0.4 is 10.2 Å². The summed E-state index contributed by atoms with van der Waals surface area (Å²) in [7, 11) is 0. The summed E-state index contributed by atoms with van der Waals surface area (Å²) in [5, 5.41) is 2.81. The Morgan fingerprint density at radius 3 is 2.35 bits per heavy atom. The van der Waals surface area contributed by atoms with Crippen molar-refractivity contribution in [3.63, 3.8) is 0 Å². The standard InChI is InChI=1S/C18H19FN2O2/c1-12-4-5-13(2)17(10-12)20-18(23)11-21(14(3)22)16-8-6-15(19)7-9-16/h4-10H,11H2,1-3H3,(H,20,23). The van der Waals surface area contributed by atoms with Crippen molar-refractivity contribution in [2.45, 2.75) is 20.8 Å². The molecule has 0 unspecified atom stereocenters. The SMILES string of the molecule is CC(=O)N(CC(=O)Nc1cc(C)ccc1C)c1ccc(F)cc1. The lowest BCUT2D eigenvalue weighted by Gasteiger charge is -2.21. The molecule has 0 spiro atoms. The van der Waals surface area contributed by atoms with Gasteiger partial charge in [-0.25, -0.2) is 4.39 Å². The van der Waals surface area contributed by atoms with Crippen LogP contribution >= 0.6 is 0 Å². The van der Waals surface area contributed by atoms with E-state index in [-0.39, 0.29) is 18.4 Å². The first-order valence-electron chi connectivity index (χ1n) is 7.27. The zero-order valence-electron chi connectivity index (χ0n) is 13.4. The normalized spacial score (nSPS) is 10.3. The van der Waals surface area contributed by atoms with E-state index in [1.807, 2.05) is 32.0 Å². The van der Waals surface area contributed by atoms with Crippen LogP contribution in [-0.2, 0) is 9.59 Å². The van der Waals surface area contributed by atoms with Crippen molar-refractivity contribution in [2.75, 3.05) is 16.8 Å². The second kappa shape index (κ2) is 7.05. The number of carbonyl (C=O) groups excluding carboxylic acids is 2. The number of benzene rings is 2. The average molecular weight is 314 g/mol. The first kappa shape index (κ1) is 16.7. The van der Waals surface area contributed by atoms with Crippen LogP contribution in [-0.4, -0.2) is 18.4 Å². The molecule has 23 heavy (non-hydrogen) atoms. The molecule has 2 rings (SSSR count). The highest BCUT2D eigenvalue weighted by Gasteiger charge is 2.16. The number of hydrogen-bond donors (Lipinski definition) is 1. The first-order chi connectivity index (χ1) is 10.9. The Labute approximate surface area is 134 Å². The van der Waals surface area contributed by atoms with Crippen LogP contribution in [0.1, 0.15) is 18.1 Å². The van der Waals surface area contributed by atoms with Crippen molar-refractivity contribution in [1.82, 2.24) is 0 Å². The number of anilines is 2. The number of rotatable bonds is 4. The molecule has 0 aliphatic heterocycles. The Kier molecular flexibility index (Phi) is 5.11. The third-order valence-corrected chi connectivity index (χ3v) is 3.49. The summed E-state index contributed by atoms with van der Waals surface area (Å²) >= 11 is 0. The summed E-state index contributed by atoms with van der Waals surface area (Å²) in [4.78, 5) is 25.3. The molecule has 1 N–H and O–H groups in total. The van der Waals surface area contributed by atoms with Gasteiger partial charge in [0.2, 0.25) is 11.8 Å². The molecule has 120 valence electrons. The molecule has 0 aromatic heterocycles. The van der Waals surface area contributed by atoms with Crippen LogP contribution in [0.4, 0.5) is 15.8 Å². The second-order valence-electron chi connectivity index (χ2n) is 5.45. The van der Waals surface area contributed by atoms with E-state index in [2.05, 4.69) is 5.32 Å². The fraction of sp³-hybridized carbons (Fsp3) is 0.222. The third-order valence-electron chi connectivity index (χ3n) is 3.49. The molecule has 0 heterocycles. The van der Waals surface area contributed by atoms with Gasteiger partial charge in [-0.2, -0.15) is 0 Å². The van der Waals surface area contributed by atoms with Crippen molar-refractivity contribution in [3.8, 4) is 0 Å². The summed E-state index contributed by atoms with van der Waals surface area (Å²) in [6.07, 6.45) is 0. The summed E-state index contributed by atoms with van der Waals surface area (Å²) < 4.78 is 13.0. The maximum atomic E-state index is 13.0. The molecule has 5 heteroatoms. The highest BCUT2D eigenvalue weighted by Crippen LogP contribution is 2.18. The molecule has 4 nitrogen and oxygen atoms in total. The first-order valence-corrected chi connectivity index (χ1v) is 7.27. The predicted molar refractivity (Wildman–Crippen MR) is 89.0 cm³/mol. The van der Waals surface area contributed by atoms with Gasteiger partial charge in [-0.3, -0.25) is 9.59 Å². The number of nitrogens with one attached hydrogen (secondary N) is 1. The number of amides is 2. The molecule has 0 saturated heterocycles. The quantitative estimate of drug-likeness (QED) is 0.940. The van der Waals surface area contributed by atoms with Crippen molar-refractivity contribution in [3.05, 3.63) is 59.4 Å². The third kappa shape index (κ3) is 4.39. The maximum absolute atomic E-state index is 13.0. The maximum Gasteiger partial charge on any atom is 0.244 e. The molecule has 2 amide bonds. The molecule has 0 fully saturated rings. The van der Waals surface area contributed by atoms with Gasteiger partial charge in [-0.1, -0.05) is 12.1 Å². The van der Waals surface area contributed by atoms with Crippen LogP contribution in [0.2, 0.25) is 0 Å². The predicted octanol–water partition coefficient (Wildman–Crippen LogP) is 3.43. The van der Waals surface area contributed by atoms with Gasteiger partial charge in [0.1, 0.15) is 12.4 Å². The van der Waals surface area contributed by atoms with Gasteiger partial charge in [0, 0.05) is 18.3 Å². The molecule has 0 radical (unpaired) electrons. The van der Waals surface area contributed by atoms with E-state index < -0.39 is 5.82 Å². The molecule has 0 atom stereocenters. The summed E-state index contributed by atoms with van der Waals surface area (Å²) in [5.74, 6) is -0.983. The number of halogens is 1. The highest BCUT2D eigenvalue weighted by atomic mass is 19.1. The second-order valence-corrected chi connectivity index (χ2v) is 5.45. The summed E-state index contributed by atoms with van der Waals surface area (Å²) in [6.45, 7) is 5.08. The van der Waals surface area contributed by atoms with Gasteiger partial charge >= 0.3 is 0 Å². The minimum absolute atomic E-state index is 0.131. The molecule has 2 aromatic rings. The Morgan fingerprint density at radius 1 is 1.09 bits per heavy atom. The van der Waals surface area contributed by atoms with Gasteiger partial charge in [-0.05, 0) is 55.3 Å². The lowest BCUT2D eigenvalue weighted by atomic mass is 10.1. The molecule has 0 aliphatic carbocycles. The molecule has 0 aliphatic rings. The zero-order chi connectivity index (χ0) is 17.0. The van der Waals surface area contributed by atoms with Crippen LogP contribution in [0.15, 0.2) is 42.5 Å². The highest BCUT2D eigenvalue weighted by molar-refractivity contribution is 6.02. The van der Waals surface area contributed by atoms with E-state index >= 15 is 0 Å². The molecule has 0 bridgehead atoms. The Hall–Kier alpha value is -2.69. The lowest BCUT2D eigenvalue weighted by molar-refractivity contribution is -0.120. The Bertz CT molecular complexity index is 726. The number of hydrogen-bond acceptors (Lipinski definition) is 2. The molecule has 2 aromatic carbocycles. The zero-order valence-corrected chi connectivity index (χ0v) is 13.4. The number of aryl methyl sites for hydroxylation is 2. The molecular weight excluding hydrogens is 295 g/mol. The summed E-state index contributed by atoms with van der Waals surface area (Å²) in [5.41, 5.74) is 3.18. The topological polar surface area (TPSA) is 49.4 Å². The minimum atomic E-state index is -0.392. The van der Waals surface area contributed by atoms with E-state index in [4.69, 9.17) is 0 Å². The minimum Gasteiger partial charge on any atom is -0.324 e. The number of nitrogens with zero attached hydrogens (tertiary/aromatic N) is 1. The van der Waals surface area contributed by atoms with Gasteiger partial charge in [0.05, 0.1) is 0 Å². The monoisotopic (exact) mass is 314 g/mol. The fourth-order valence-electron chi connectivity index (χ4n) is 2.21. The van der Waals surface area contributed by atoms with Crippen LogP contribution in [0.5, 0.6) is 0 Å². The van der Waals surface area contributed by atoms with Crippen molar-refractivity contribution in [2.24, 2.45) is 0 Å². The van der Waals surface area contributed by atoms with E-state index in [0.717, 1.165) is 16.8 Å². The van der Waals surface area contributed by atoms with E-state index in [0.29, 0.717) is 5.69 Å². The Morgan fingerprint density at radius 2 is 1.74 bits per heavy atom. The van der Waals surface area contributed by atoms with Gasteiger partial charge < -0.3 is 10.2 Å². The van der Waals surface area contributed by atoms with E-state index in [1.165, 1.54) is 36.1 Å². The van der Waals surface area contributed by atoms with Crippen LogP contribution in [0.3, 0.4) is 0 Å². The van der Waals surface area contributed by atoms with Gasteiger partial charge in [0.15, 0.2) is 0 Å². The average Bonchev–Trinajstić information content (AvgIpc) is 2.49. The number of carbonyl (C=O) groups is 2. The van der Waals surface area contributed by atoms with Crippen LogP contribution in [0.25, 0.3) is 0 Å². The van der Waals surface area contributed by atoms with Gasteiger partial charge in [0.25, 0.3) is 0 Å². The molecule has 0 saturated carbocycles. The molecular formula is C18H19FN2O2. The summed E-state index contributed by atoms with van der Waals surface area (Å²) in [6, 6.07) is 11.2. The smallest absolute Gasteiger partial charge is 0.244 e. The fourth-order valence-corrected chi connectivity index (χ4v) is 2.21. The Balaban J connectivity index is 2.14. The van der Waals surface area contributed by atoms with Gasteiger partial charge in [-0.15, -0.1) is 0 Å². The lowest BCUT2D eigenvalue weighted by Crippen LogP contribution is -2.36.